The van der Waals surface area contributed by atoms with E-state index in [9.17, 15) is 10.2 Å². The Hall–Kier alpha value is -3.21. The van der Waals surface area contributed by atoms with Crippen molar-refractivity contribution in [2.75, 3.05) is 0 Å². The predicted molar refractivity (Wildman–Crippen MR) is 122 cm³/mol. The van der Waals surface area contributed by atoms with Crippen LogP contribution >= 0.6 is 22.9 Å². The monoisotopic (exact) mass is 415 g/mol. The third-order valence-corrected chi connectivity index (χ3v) is 6.72. The summed E-state index contributed by atoms with van der Waals surface area (Å²) in [6.45, 7) is 0. The van der Waals surface area contributed by atoms with Gasteiger partial charge >= 0.3 is 0 Å². The van der Waals surface area contributed by atoms with Gasteiger partial charge in [0.05, 0.1) is 27.1 Å². The van der Waals surface area contributed by atoms with Crippen LogP contribution in [0.25, 0.3) is 48.4 Å². The van der Waals surface area contributed by atoms with Crippen LogP contribution < -0.4 is 0 Å². The largest absolute Gasteiger partial charge is 0.508 e. The Balaban J connectivity index is 1.79. The number of aromatic nitrogens is 1. The van der Waals surface area contributed by atoms with Gasteiger partial charge < -0.3 is 14.8 Å². The van der Waals surface area contributed by atoms with E-state index in [1.807, 2.05) is 30.3 Å². The summed E-state index contributed by atoms with van der Waals surface area (Å²) in [5.41, 5.74) is 2.83. The zero-order chi connectivity index (χ0) is 19.7. The summed E-state index contributed by atoms with van der Waals surface area (Å²) in [7, 11) is 0. The molecule has 0 spiro atoms. The van der Waals surface area contributed by atoms with E-state index in [-0.39, 0.29) is 11.5 Å². The van der Waals surface area contributed by atoms with Crippen LogP contribution in [0, 0.1) is 0 Å². The molecule has 0 amide bonds. The van der Waals surface area contributed by atoms with Gasteiger partial charge in [0.1, 0.15) is 11.5 Å². The Bertz CT molecular complexity index is 1600. The van der Waals surface area contributed by atoms with Crippen molar-refractivity contribution in [3.05, 3.63) is 77.1 Å². The van der Waals surface area contributed by atoms with Gasteiger partial charge in [-0.15, -0.1) is 11.3 Å². The number of aromatic hydroxyl groups is 2. The first-order valence-corrected chi connectivity index (χ1v) is 10.4. The molecule has 0 saturated carbocycles. The van der Waals surface area contributed by atoms with Gasteiger partial charge in [-0.3, -0.25) is 0 Å². The summed E-state index contributed by atoms with van der Waals surface area (Å²) in [4.78, 5) is 0. The SMILES string of the molecule is Oc1ccc2cc3c(-n4c5ccccc5c5c(O)ccc(Cl)c54)csc3cc2c1. The van der Waals surface area contributed by atoms with E-state index >= 15 is 0 Å². The third kappa shape index (κ3) is 2.30. The Morgan fingerprint density at radius 1 is 0.828 bits per heavy atom. The van der Waals surface area contributed by atoms with Crippen molar-refractivity contribution in [2.45, 2.75) is 0 Å². The lowest BCUT2D eigenvalue weighted by molar-refractivity contribution is 0.476. The van der Waals surface area contributed by atoms with Crippen molar-refractivity contribution < 1.29 is 10.2 Å². The molecule has 2 N–H and O–H groups in total. The van der Waals surface area contributed by atoms with Crippen LogP contribution in [-0.2, 0) is 0 Å². The standard InChI is InChI=1S/C24H14ClNO2S/c25-18-7-8-21(28)23-16-3-1-2-4-19(16)26(24(18)23)20-12-29-22-11-14-9-15(27)6-5-13(14)10-17(20)22/h1-12,27-28H. The number of hydrogen-bond donors (Lipinski definition) is 2. The van der Waals surface area contributed by atoms with Gasteiger partial charge in [0.25, 0.3) is 0 Å². The molecular formula is C24H14ClNO2S. The van der Waals surface area contributed by atoms with Gasteiger partial charge in [0, 0.05) is 20.9 Å². The predicted octanol–water partition coefficient (Wildman–Crippen LogP) is 7.22. The first-order chi connectivity index (χ1) is 14.1. The number of thiophene rings is 1. The van der Waals surface area contributed by atoms with E-state index in [1.54, 1.807) is 35.6 Å². The van der Waals surface area contributed by atoms with Crippen LogP contribution in [0.4, 0.5) is 0 Å². The van der Waals surface area contributed by atoms with E-state index in [2.05, 4.69) is 22.1 Å². The maximum Gasteiger partial charge on any atom is 0.125 e. The second kappa shape index (κ2) is 5.89. The Kier molecular flexibility index (Phi) is 3.40. The molecule has 0 atom stereocenters. The third-order valence-electron chi connectivity index (χ3n) is 5.48. The number of rotatable bonds is 1. The van der Waals surface area contributed by atoms with Gasteiger partial charge in [0.2, 0.25) is 0 Å². The van der Waals surface area contributed by atoms with E-state index in [4.69, 9.17) is 11.6 Å². The summed E-state index contributed by atoms with van der Waals surface area (Å²) >= 11 is 8.28. The fourth-order valence-electron chi connectivity index (χ4n) is 4.21. The number of fused-ring (bicyclic) bond motifs is 5. The van der Waals surface area contributed by atoms with Crippen LogP contribution in [0.15, 0.2) is 72.1 Å². The number of benzene rings is 4. The smallest absolute Gasteiger partial charge is 0.125 e. The quantitative estimate of drug-likeness (QED) is 0.298. The average molecular weight is 416 g/mol. The minimum atomic E-state index is 0.222. The first-order valence-electron chi connectivity index (χ1n) is 9.17. The van der Waals surface area contributed by atoms with Crippen molar-refractivity contribution in [2.24, 2.45) is 0 Å². The van der Waals surface area contributed by atoms with Crippen LogP contribution in [0.3, 0.4) is 0 Å². The molecule has 0 fully saturated rings. The second-order valence-electron chi connectivity index (χ2n) is 7.14. The van der Waals surface area contributed by atoms with Crippen LogP contribution in [0.2, 0.25) is 5.02 Å². The fourth-order valence-corrected chi connectivity index (χ4v) is 5.41. The molecule has 0 radical (unpaired) electrons. The van der Waals surface area contributed by atoms with E-state index in [0.29, 0.717) is 5.02 Å². The maximum absolute atomic E-state index is 10.6. The maximum atomic E-state index is 10.6. The number of halogens is 1. The normalized spacial score (nSPS) is 11.9. The number of nitrogens with zero attached hydrogens (tertiary/aromatic N) is 1. The van der Waals surface area contributed by atoms with Gasteiger partial charge in [0.15, 0.2) is 0 Å². The molecule has 29 heavy (non-hydrogen) atoms. The van der Waals surface area contributed by atoms with Crippen molar-refractivity contribution in [3.63, 3.8) is 0 Å². The number of hydrogen-bond acceptors (Lipinski definition) is 3. The molecule has 0 aliphatic heterocycles. The summed E-state index contributed by atoms with van der Waals surface area (Å²) in [5.74, 6) is 0.484. The molecule has 4 aromatic carbocycles. The zero-order valence-electron chi connectivity index (χ0n) is 15.1. The van der Waals surface area contributed by atoms with Crippen LogP contribution in [0.5, 0.6) is 11.5 Å². The van der Waals surface area contributed by atoms with Gasteiger partial charge in [-0.2, -0.15) is 0 Å². The van der Waals surface area contributed by atoms with Crippen molar-refractivity contribution >= 4 is 65.6 Å². The molecule has 2 aromatic heterocycles. The number of phenols is 2. The summed E-state index contributed by atoms with van der Waals surface area (Å²) in [6, 6.07) is 21.1. The molecule has 2 heterocycles. The molecule has 3 nitrogen and oxygen atoms in total. The Morgan fingerprint density at radius 3 is 2.59 bits per heavy atom. The Morgan fingerprint density at radius 2 is 1.69 bits per heavy atom. The minimum Gasteiger partial charge on any atom is -0.508 e. The molecule has 0 bridgehead atoms. The van der Waals surface area contributed by atoms with Crippen LogP contribution in [0.1, 0.15) is 0 Å². The van der Waals surface area contributed by atoms with E-state index in [0.717, 1.165) is 48.4 Å². The highest BCUT2D eigenvalue weighted by Crippen LogP contribution is 2.43. The lowest BCUT2D eigenvalue weighted by Gasteiger charge is -2.09. The molecule has 0 saturated heterocycles. The first kappa shape index (κ1) is 16.7. The summed E-state index contributed by atoms with van der Waals surface area (Å²) in [6.07, 6.45) is 0. The van der Waals surface area contributed by atoms with Crippen molar-refractivity contribution in [1.82, 2.24) is 4.57 Å². The highest BCUT2D eigenvalue weighted by atomic mass is 35.5. The highest BCUT2D eigenvalue weighted by Gasteiger charge is 2.19. The molecule has 5 heteroatoms. The molecule has 0 unspecified atom stereocenters. The van der Waals surface area contributed by atoms with Gasteiger partial charge in [-0.25, -0.2) is 0 Å². The van der Waals surface area contributed by atoms with E-state index in [1.165, 1.54) is 0 Å². The van der Waals surface area contributed by atoms with Gasteiger partial charge in [-0.05, 0) is 53.2 Å². The molecule has 6 aromatic rings. The summed E-state index contributed by atoms with van der Waals surface area (Å²) < 4.78 is 3.26. The zero-order valence-corrected chi connectivity index (χ0v) is 16.6. The lowest BCUT2D eigenvalue weighted by Crippen LogP contribution is -1.93. The molecule has 140 valence electrons. The topological polar surface area (TPSA) is 45.4 Å². The van der Waals surface area contributed by atoms with Crippen molar-refractivity contribution in [3.8, 4) is 17.2 Å². The lowest BCUT2D eigenvalue weighted by atomic mass is 10.1. The molecular weight excluding hydrogens is 402 g/mol. The van der Waals surface area contributed by atoms with Crippen LogP contribution in [-0.4, -0.2) is 14.8 Å². The van der Waals surface area contributed by atoms with Gasteiger partial charge in [-0.1, -0.05) is 35.9 Å². The second-order valence-corrected chi connectivity index (χ2v) is 8.46. The minimum absolute atomic E-state index is 0.222. The molecule has 0 aliphatic rings. The molecule has 6 rings (SSSR count). The Labute approximate surface area is 174 Å². The highest BCUT2D eigenvalue weighted by molar-refractivity contribution is 7.17. The fraction of sp³-hybridized carbons (Fsp3) is 0. The number of para-hydroxylation sites is 1. The number of phenolic OH excluding ortho intramolecular Hbond substituents is 2. The summed E-state index contributed by atoms with van der Waals surface area (Å²) in [5, 5.41) is 28.0. The molecule has 0 aliphatic carbocycles. The van der Waals surface area contributed by atoms with Crippen molar-refractivity contribution in [1.29, 1.82) is 0 Å². The average Bonchev–Trinajstić information content (AvgIpc) is 3.28. The van der Waals surface area contributed by atoms with E-state index < -0.39 is 0 Å².